The summed E-state index contributed by atoms with van der Waals surface area (Å²) in [6.45, 7) is 4.78. The molecule has 0 radical (unpaired) electrons. The number of nitrogens with zero attached hydrogens (tertiary/aromatic N) is 5. The Bertz CT molecular complexity index is 1300. The van der Waals surface area contributed by atoms with Crippen LogP contribution in [0.15, 0.2) is 40.2 Å². The summed E-state index contributed by atoms with van der Waals surface area (Å²) in [4.78, 5) is 36.1. The zero-order valence-corrected chi connectivity index (χ0v) is 18.6. The lowest BCUT2D eigenvalue weighted by Crippen LogP contribution is -2.44. The topological polar surface area (TPSA) is 94.3 Å². The Morgan fingerprint density at radius 1 is 1.09 bits per heavy atom. The number of hydrogen-bond donors (Lipinski definition) is 1. The molecule has 0 aliphatic carbocycles. The van der Waals surface area contributed by atoms with Gasteiger partial charge in [0.1, 0.15) is 16.9 Å². The van der Waals surface area contributed by atoms with Crippen molar-refractivity contribution in [3.05, 3.63) is 62.6 Å². The summed E-state index contributed by atoms with van der Waals surface area (Å²) in [5.41, 5.74) is 3.47. The summed E-state index contributed by atoms with van der Waals surface area (Å²) in [6.07, 6.45) is 7.46. The lowest BCUT2D eigenvalue weighted by atomic mass is 10.0. The average molecular weight is 449 g/mol. The second-order valence-corrected chi connectivity index (χ2v) is 9.30. The molecule has 0 saturated carbocycles. The Hall–Kier alpha value is -3.04. The minimum Gasteiger partial charge on any atom is -0.492 e. The molecule has 1 fully saturated rings. The smallest absolute Gasteiger partial charge is 0.270 e. The highest BCUT2D eigenvalue weighted by Gasteiger charge is 2.29. The van der Waals surface area contributed by atoms with Crippen LogP contribution in [-0.4, -0.2) is 56.3 Å². The van der Waals surface area contributed by atoms with Gasteiger partial charge in [0.25, 0.3) is 11.1 Å². The summed E-state index contributed by atoms with van der Waals surface area (Å²) < 4.78 is 9.12. The molecule has 3 aliphatic rings. The highest BCUT2D eigenvalue weighted by Crippen LogP contribution is 2.25. The minimum atomic E-state index is -0.135. The summed E-state index contributed by atoms with van der Waals surface area (Å²) in [5, 5.41) is 3.67. The van der Waals surface area contributed by atoms with Crippen LogP contribution in [0.2, 0.25) is 0 Å². The zero-order chi connectivity index (χ0) is 22.4. The maximum atomic E-state index is 12.6. The Morgan fingerprint density at radius 2 is 1.97 bits per heavy atom. The quantitative estimate of drug-likeness (QED) is 0.624. The van der Waals surface area contributed by atoms with Gasteiger partial charge in [0.2, 0.25) is 0 Å². The second-order valence-electron chi connectivity index (χ2n) is 9.30. The Kier molecular flexibility index (Phi) is 5.22. The van der Waals surface area contributed by atoms with E-state index in [9.17, 15) is 9.59 Å². The number of piperidine rings is 1. The summed E-state index contributed by atoms with van der Waals surface area (Å²) in [6, 6.07) is 5.82. The molecular formula is C24H28N6O3. The van der Waals surface area contributed by atoms with Crippen LogP contribution in [0.5, 0.6) is 5.75 Å². The molecule has 0 spiro atoms. The molecule has 6 rings (SSSR count). The summed E-state index contributed by atoms with van der Waals surface area (Å²) in [7, 11) is 0. The molecule has 3 aliphatic heterocycles. The van der Waals surface area contributed by atoms with Crippen molar-refractivity contribution in [3.63, 3.8) is 0 Å². The molecule has 3 aromatic rings. The molecule has 9 heteroatoms. The maximum Gasteiger partial charge on any atom is 0.270 e. The third kappa shape index (κ3) is 3.85. The van der Waals surface area contributed by atoms with E-state index in [4.69, 9.17) is 4.74 Å². The van der Waals surface area contributed by atoms with Crippen molar-refractivity contribution in [1.29, 1.82) is 0 Å². The summed E-state index contributed by atoms with van der Waals surface area (Å²) in [5.74, 6) is 0.931. The fourth-order valence-corrected chi connectivity index (χ4v) is 5.43. The maximum absolute atomic E-state index is 12.6. The SMILES string of the molecule is O=c1ccc2ncc(=O)n3c2n1C[C@@H]3CN1CCC(NCc2cc3c(cn2)OCCC3)CC1. The van der Waals surface area contributed by atoms with Crippen molar-refractivity contribution in [3.8, 4) is 5.75 Å². The van der Waals surface area contributed by atoms with Crippen LogP contribution in [0.25, 0.3) is 11.2 Å². The average Bonchev–Trinajstić information content (AvgIpc) is 3.23. The highest BCUT2D eigenvalue weighted by atomic mass is 16.5. The largest absolute Gasteiger partial charge is 0.492 e. The molecule has 6 heterocycles. The minimum absolute atomic E-state index is 0.0375. The van der Waals surface area contributed by atoms with Gasteiger partial charge in [-0.1, -0.05) is 0 Å². The lowest BCUT2D eigenvalue weighted by molar-refractivity contribution is 0.171. The van der Waals surface area contributed by atoms with E-state index < -0.39 is 0 Å². The first-order chi connectivity index (χ1) is 16.2. The normalized spacial score (nSPS) is 20.7. The fourth-order valence-electron chi connectivity index (χ4n) is 5.43. The van der Waals surface area contributed by atoms with Crippen molar-refractivity contribution >= 4 is 11.2 Å². The third-order valence-corrected chi connectivity index (χ3v) is 7.15. The number of hydrogen-bond acceptors (Lipinski definition) is 7. The van der Waals surface area contributed by atoms with Crippen LogP contribution in [-0.2, 0) is 19.5 Å². The van der Waals surface area contributed by atoms with Gasteiger partial charge in [-0.05, 0) is 56.5 Å². The van der Waals surface area contributed by atoms with E-state index in [-0.39, 0.29) is 17.2 Å². The van der Waals surface area contributed by atoms with Gasteiger partial charge in [-0.15, -0.1) is 0 Å². The standard InChI is InChI=1S/C24H28N6O3/c31-22-4-3-20-24-29(22)15-19(30(24)23(32)13-27-20)14-28-7-5-17(6-8-28)25-11-18-10-16-2-1-9-33-21(16)12-26-18/h3-4,10,12-13,17,19,25H,1-2,5-9,11,14-15H2/t19-/m0/s1. The third-order valence-electron chi connectivity index (χ3n) is 7.15. The van der Waals surface area contributed by atoms with E-state index in [1.54, 1.807) is 15.2 Å². The van der Waals surface area contributed by atoms with Gasteiger partial charge in [0.15, 0.2) is 0 Å². The highest BCUT2D eigenvalue weighted by molar-refractivity contribution is 5.71. The van der Waals surface area contributed by atoms with Crippen molar-refractivity contribution in [2.75, 3.05) is 26.2 Å². The molecule has 0 aromatic carbocycles. The predicted octanol–water partition coefficient (Wildman–Crippen LogP) is 1.09. The Labute approximate surface area is 191 Å². The molecule has 1 atom stereocenters. The van der Waals surface area contributed by atoms with Crippen LogP contribution >= 0.6 is 0 Å². The van der Waals surface area contributed by atoms with Gasteiger partial charge < -0.3 is 15.0 Å². The van der Waals surface area contributed by atoms with E-state index in [2.05, 4.69) is 26.3 Å². The van der Waals surface area contributed by atoms with Crippen molar-refractivity contribution in [2.24, 2.45) is 0 Å². The lowest BCUT2D eigenvalue weighted by Gasteiger charge is -2.34. The molecule has 1 saturated heterocycles. The van der Waals surface area contributed by atoms with Crippen molar-refractivity contribution in [2.45, 2.75) is 50.9 Å². The number of nitrogens with one attached hydrogen (secondary N) is 1. The molecular weight excluding hydrogens is 420 g/mol. The molecule has 0 unspecified atom stereocenters. The van der Waals surface area contributed by atoms with Crippen LogP contribution in [0.1, 0.15) is 36.6 Å². The second kappa shape index (κ2) is 8.39. The van der Waals surface area contributed by atoms with Gasteiger partial charge in [-0.25, -0.2) is 4.98 Å². The Balaban J connectivity index is 1.06. The molecule has 0 amide bonds. The van der Waals surface area contributed by atoms with Crippen LogP contribution in [0, 0.1) is 0 Å². The van der Waals surface area contributed by atoms with E-state index in [0.29, 0.717) is 23.8 Å². The first kappa shape index (κ1) is 20.6. The summed E-state index contributed by atoms with van der Waals surface area (Å²) >= 11 is 0. The van der Waals surface area contributed by atoms with Crippen LogP contribution < -0.4 is 21.2 Å². The number of pyridine rings is 2. The molecule has 1 N–H and O–H groups in total. The van der Waals surface area contributed by atoms with Gasteiger partial charge in [0.05, 0.1) is 30.7 Å². The van der Waals surface area contributed by atoms with E-state index in [1.807, 2.05) is 6.20 Å². The van der Waals surface area contributed by atoms with E-state index >= 15 is 0 Å². The van der Waals surface area contributed by atoms with E-state index in [0.717, 1.165) is 69.9 Å². The number of aryl methyl sites for hydroxylation is 1. The van der Waals surface area contributed by atoms with Crippen LogP contribution in [0.3, 0.4) is 0 Å². The fraction of sp³-hybridized carbons (Fsp3) is 0.500. The number of ether oxygens (including phenoxy) is 1. The van der Waals surface area contributed by atoms with Gasteiger partial charge in [-0.3, -0.25) is 23.7 Å². The Morgan fingerprint density at radius 3 is 2.85 bits per heavy atom. The molecule has 3 aromatic heterocycles. The van der Waals surface area contributed by atoms with Crippen LogP contribution in [0.4, 0.5) is 0 Å². The number of likely N-dealkylation sites (tertiary alicyclic amines) is 1. The van der Waals surface area contributed by atoms with Gasteiger partial charge >= 0.3 is 0 Å². The predicted molar refractivity (Wildman–Crippen MR) is 124 cm³/mol. The number of rotatable bonds is 5. The van der Waals surface area contributed by atoms with Crippen molar-refractivity contribution in [1.82, 2.24) is 29.3 Å². The zero-order valence-electron chi connectivity index (χ0n) is 18.6. The van der Waals surface area contributed by atoms with Gasteiger partial charge in [0, 0.05) is 31.7 Å². The van der Waals surface area contributed by atoms with Gasteiger partial charge in [-0.2, -0.15) is 0 Å². The first-order valence-corrected chi connectivity index (χ1v) is 11.8. The molecule has 33 heavy (non-hydrogen) atoms. The molecule has 9 nitrogen and oxygen atoms in total. The van der Waals surface area contributed by atoms with Crippen molar-refractivity contribution < 1.29 is 4.74 Å². The number of fused-ring (bicyclic) bond motifs is 1. The monoisotopic (exact) mass is 448 g/mol. The molecule has 0 bridgehead atoms. The molecule has 172 valence electrons. The first-order valence-electron chi connectivity index (χ1n) is 11.8. The number of aromatic nitrogens is 4. The van der Waals surface area contributed by atoms with E-state index in [1.165, 1.54) is 17.8 Å².